The lowest BCUT2D eigenvalue weighted by Gasteiger charge is -2.34. The molecule has 9 nitrogen and oxygen atoms in total. The highest BCUT2D eigenvalue weighted by Crippen LogP contribution is 2.22. The highest BCUT2D eigenvalue weighted by atomic mass is 16.5. The lowest BCUT2D eigenvalue weighted by Crippen LogP contribution is -2.50. The predicted octanol–water partition coefficient (Wildman–Crippen LogP) is 1.83. The highest BCUT2D eigenvalue weighted by molar-refractivity contribution is 5.95. The fraction of sp³-hybridized carbons (Fsp3) is 0.375. The van der Waals surface area contributed by atoms with Crippen molar-refractivity contribution >= 4 is 11.8 Å². The van der Waals surface area contributed by atoms with Gasteiger partial charge in [0.05, 0.1) is 11.9 Å². The fourth-order valence-corrected chi connectivity index (χ4v) is 4.66. The van der Waals surface area contributed by atoms with Crippen LogP contribution in [0.5, 0.6) is 0 Å². The minimum Gasteiger partial charge on any atom is -0.351 e. The standard InChI is InChI=1S/C24H25N5O4/c30-22-19-7-2-1-6-18(19)20(26-27-22)15-16-4-3-5-17(14-16)23(31)28-10-12-29(13-11-28)24(32)21-8-9-25-33-21/h3-5,8-9,14H,1-2,6-7,10-13,15H2,(H,27,30). The van der Waals surface area contributed by atoms with Crippen molar-refractivity contribution in [3.63, 3.8) is 0 Å². The summed E-state index contributed by atoms with van der Waals surface area (Å²) in [7, 11) is 0. The van der Waals surface area contributed by atoms with Gasteiger partial charge < -0.3 is 14.3 Å². The van der Waals surface area contributed by atoms with Gasteiger partial charge in [0.25, 0.3) is 17.4 Å². The Morgan fingerprint density at radius 1 is 0.970 bits per heavy atom. The van der Waals surface area contributed by atoms with Crippen LogP contribution >= 0.6 is 0 Å². The molecule has 1 fully saturated rings. The van der Waals surface area contributed by atoms with E-state index >= 15 is 0 Å². The summed E-state index contributed by atoms with van der Waals surface area (Å²) in [5.41, 5.74) is 4.31. The third-order valence-electron chi connectivity index (χ3n) is 6.43. The molecule has 2 amide bonds. The molecule has 170 valence electrons. The van der Waals surface area contributed by atoms with Crippen LogP contribution < -0.4 is 5.56 Å². The molecule has 33 heavy (non-hydrogen) atoms. The summed E-state index contributed by atoms with van der Waals surface area (Å²) in [6, 6.07) is 9.11. The molecular weight excluding hydrogens is 422 g/mol. The molecule has 0 bridgehead atoms. The molecule has 0 spiro atoms. The van der Waals surface area contributed by atoms with Crippen molar-refractivity contribution in [1.82, 2.24) is 25.2 Å². The molecule has 1 N–H and O–H groups in total. The number of piperazine rings is 1. The second-order valence-electron chi connectivity index (χ2n) is 8.50. The van der Waals surface area contributed by atoms with Gasteiger partial charge in [-0.1, -0.05) is 17.3 Å². The van der Waals surface area contributed by atoms with Crippen LogP contribution in [0.1, 0.15) is 56.1 Å². The van der Waals surface area contributed by atoms with E-state index in [2.05, 4.69) is 15.4 Å². The van der Waals surface area contributed by atoms with E-state index < -0.39 is 0 Å². The first-order valence-electron chi connectivity index (χ1n) is 11.3. The predicted molar refractivity (Wildman–Crippen MR) is 119 cm³/mol. The van der Waals surface area contributed by atoms with Crippen molar-refractivity contribution in [2.45, 2.75) is 32.1 Å². The van der Waals surface area contributed by atoms with E-state index in [1.807, 2.05) is 24.3 Å². The molecule has 2 aromatic heterocycles. The Labute approximate surface area is 190 Å². The number of hydrogen-bond acceptors (Lipinski definition) is 6. The van der Waals surface area contributed by atoms with Gasteiger partial charge in [0.15, 0.2) is 0 Å². The van der Waals surface area contributed by atoms with Gasteiger partial charge in [0.2, 0.25) is 5.76 Å². The van der Waals surface area contributed by atoms with Gasteiger partial charge in [-0.3, -0.25) is 14.4 Å². The molecule has 0 radical (unpaired) electrons. The third-order valence-corrected chi connectivity index (χ3v) is 6.43. The average molecular weight is 447 g/mol. The van der Waals surface area contributed by atoms with E-state index in [1.165, 1.54) is 6.20 Å². The van der Waals surface area contributed by atoms with Crippen LogP contribution in [0.4, 0.5) is 0 Å². The number of fused-ring (bicyclic) bond motifs is 1. The summed E-state index contributed by atoms with van der Waals surface area (Å²) in [5.74, 6) is -0.0565. The first kappa shape index (κ1) is 21.1. The second kappa shape index (κ2) is 9.01. The molecule has 3 heterocycles. The molecule has 0 saturated carbocycles. The zero-order chi connectivity index (χ0) is 22.8. The molecule has 9 heteroatoms. The van der Waals surface area contributed by atoms with E-state index in [1.54, 1.807) is 15.9 Å². The summed E-state index contributed by atoms with van der Waals surface area (Å²) in [4.78, 5) is 41.1. The quantitative estimate of drug-likeness (QED) is 0.653. The molecular formula is C24H25N5O4. The fourth-order valence-electron chi connectivity index (χ4n) is 4.66. The Morgan fingerprint density at radius 2 is 1.70 bits per heavy atom. The van der Waals surface area contributed by atoms with Gasteiger partial charge in [-0.2, -0.15) is 5.10 Å². The number of H-pyrrole nitrogens is 1. The Balaban J connectivity index is 1.27. The molecule has 5 rings (SSSR count). The molecule has 0 unspecified atom stereocenters. The number of hydrogen-bond donors (Lipinski definition) is 1. The Morgan fingerprint density at radius 3 is 2.42 bits per heavy atom. The summed E-state index contributed by atoms with van der Waals surface area (Å²) in [5, 5.41) is 10.5. The van der Waals surface area contributed by atoms with Crippen LogP contribution in [0.25, 0.3) is 0 Å². The van der Waals surface area contributed by atoms with Crippen LogP contribution in [0.15, 0.2) is 45.8 Å². The monoisotopic (exact) mass is 447 g/mol. The summed E-state index contributed by atoms with van der Waals surface area (Å²) in [6.07, 6.45) is 5.77. The maximum atomic E-state index is 13.1. The van der Waals surface area contributed by atoms with Crippen molar-refractivity contribution < 1.29 is 14.1 Å². The van der Waals surface area contributed by atoms with E-state index in [0.29, 0.717) is 38.2 Å². The largest absolute Gasteiger partial charge is 0.351 e. The highest BCUT2D eigenvalue weighted by Gasteiger charge is 2.27. The van der Waals surface area contributed by atoms with Crippen molar-refractivity contribution in [1.29, 1.82) is 0 Å². The van der Waals surface area contributed by atoms with Gasteiger partial charge in [0, 0.05) is 49.8 Å². The number of carbonyl (C=O) groups excluding carboxylic acids is 2. The zero-order valence-corrected chi connectivity index (χ0v) is 18.2. The molecule has 2 aliphatic rings. The number of benzene rings is 1. The number of rotatable bonds is 4. The van der Waals surface area contributed by atoms with Crippen molar-refractivity contribution in [2.75, 3.05) is 26.2 Å². The molecule has 1 saturated heterocycles. The van der Waals surface area contributed by atoms with Crippen LogP contribution in [0.2, 0.25) is 0 Å². The van der Waals surface area contributed by atoms with Crippen molar-refractivity contribution in [3.8, 4) is 0 Å². The molecule has 3 aromatic rings. The van der Waals surface area contributed by atoms with Gasteiger partial charge in [-0.25, -0.2) is 5.10 Å². The SMILES string of the molecule is O=C(c1cccc(Cc2n[nH]c(=O)c3c2CCCC3)c1)N1CCN(C(=O)c2ccno2)CC1. The van der Waals surface area contributed by atoms with Crippen LogP contribution in [0.3, 0.4) is 0 Å². The van der Waals surface area contributed by atoms with Crippen molar-refractivity contribution in [2.24, 2.45) is 0 Å². The second-order valence-corrected chi connectivity index (χ2v) is 8.50. The molecule has 1 aromatic carbocycles. The minimum atomic E-state index is -0.210. The minimum absolute atomic E-state index is 0.0555. The normalized spacial score (nSPS) is 15.9. The van der Waals surface area contributed by atoms with Crippen molar-refractivity contribution in [3.05, 3.63) is 80.6 Å². The molecule has 1 aliphatic carbocycles. The number of nitrogens with one attached hydrogen (secondary N) is 1. The first-order valence-corrected chi connectivity index (χ1v) is 11.3. The first-order chi connectivity index (χ1) is 16.1. The average Bonchev–Trinajstić information content (AvgIpc) is 3.40. The molecule has 0 atom stereocenters. The van der Waals surface area contributed by atoms with Gasteiger partial charge in [0.1, 0.15) is 0 Å². The zero-order valence-electron chi connectivity index (χ0n) is 18.2. The summed E-state index contributed by atoms with van der Waals surface area (Å²) in [6.45, 7) is 1.80. The van der Waals surface area contributed by atoms with E-state index in [-0.39, 0.29) is 23.1 Å². The van der Waals surface area contributed by atoms with Crippen LogP contribution in [-0.2, 0) is 19.3 Å². The van der Waals surface area contributed by atoms with Gasteiger partial charge >= 0.3 is 0 Å². The number of aromatic amines is 1. The summed E-state index contributed by atoms with van der Waals surface area (Å²) < 4.78 is 4.95. The number of carbonyl (C=O) groups is 2. The topological polar surface area (TPSA) is 112 Å². The van der Waals surface area contributed by atoms with E-state index in [9.17, 15) is 14.4 Å². The lowest BCUT2D eigenvalue weighted by molar-refractivity contribution is 0.0512. The number of amides is 2. The molecule has 1 aliphatic heterocycles. The van der Waals surface area contributed by atoms with Crippen LogP contribution in [0, 0.1) is 0 Å². The number of aromatic nitrogens is 3. The Bertz CT molecular complexity index is 1230. The third kappa shape index (κ3) is 4.30. The van der Waals surface area contributed by atoms with E-state index in [0.717, 1.165) is 48.1 Å². The van der Waals surface area contributed by atoms with Gasteiger partial charge in [-0.15, -0.1) is 0 Å². The maximum Gasteiger partial charge on any atom is 0.292 e. The van der Waals surface area contributed by atoms with E-state index in [4.69, 9.17) is 4.52 Å². The Kier molecular flexibility index (Phi) is 5.77. The van der Waals surface area contributed by atoms with Gasteiger partial charge in [-0.05, 0) is 48.9 Å². The maximum absolute atomic E-state index is 13.1. The summed E-state index contributed by atoms with van der Waals surface area (Å²) >= 11 is 0. The smallest absolute Gasteiger partial charge is 0.292 e. The lowest BCUT2D eigenvalue weighted by atomic mass is 9.90. The Hall–Kier alpha value is -3.75. The number of nitrogens with zero attached hydrogens (tertiary/aromatic N) is 4. The van der Waals surface area contributed by atoms with Crippen LogP contribution in [-0.4, -0.2) is 63.1 Å².